The summed E-state index contributed by atoms with van der Waals surface area (Å²) in [5.41, 5.74) is 5.68. The van der Waals surface area contributed by atoms with Crippen molar-refractivity contribution in [2.45, 2.75) is 38.5 Å². The molecular weight excluding hydrogens is 232 g/mol. The first-order chi connectivity index (χ1) is 8.66. The van der Waals surface area contributed by atoms with Gasteiger partial charge in [0.1, 0.15) is 5.76 Å². The maximum absolute atomic E-state index is 12.1. The largest absolute Gasteiger partial charge is 0.467 e. The van der Waals surface area contributed by atoms with Crippen LogP contribution in [0.15, 0.2) is 22.8 Å². The van der Waals surface area contributed by atoms with E-state index in [0.29, 0.717) is 13.1 Å². The zero-order valence-corrected chi connectivity index (χ0v) is 10.7. The Labute approximate surface area is 107 Å². The maximum Gasteiger partial charge on any atom is 0.239 e. The van der Waals surface area contributed by atoms with Crippen molar-refractivity contribution in [3.63, 3.8) is 0 Å². The van der Waals surface area contributed by atoms with Crippen LogP contribution in [0, 0.1) is 0 Å². The highest BCUT2D eigenvalue weighted by molar-refractivity contribution is 5.81. The summed E-state index contributed by atoms with van der Waals surface area (Å²) in [5.74, 6) is 0.698. The molecule has 5 heteroatoms. The van der Waals surface area contributed by atoms with Crippen molar-refractivity contribution in [1.29, 1.82) is 0 Å². The van der Waals surface area contributed by atoms with Gasteiger partial charge in [0.2, 0.25) is 5.91 Å². The summed E-state index contributed by atoms with van der Waals surface area (Å²) in [6.07, 6.45) is 3.80. The highest BCUT2D eigenvalue weighted by Gasteiger charge is 2.24. The van der Waals surface area contributed by atoms with Crippen LogP contribution in [0.3, 0.4) is 0 Å². The monoisotopic (exact) mass is 252 g/mol. The number of rotatable bonds is 5. The smallest absolute Gasteiger partial charge is 0.239 e. The minimum absolute atomic E-state index is 0.0677. The standard InChI is InChI=1S/C13H20N2O3/c1-10(14)13(16)15(8-11-4-2-6-17-11)9-12-5-3-7-18-12/h2,4,6,10,12H,3,5,7-9,14H2,1H3/t10-,12+/m1/s1. The third-order valence-electron chi connectivity index (χ3n) is 3.08. The van der Waals surface area contributed by atoms with E-state index in [2.05, 4.69) is 0 Å². The fraction of sp³-hybridized carbons (Fsp3) is 0.615. The predicted octanol–water partition coefficient (Wildman–Crippen LogP) is 1.13. The summed E-state index contributed by atoms with van der Waals surface area (Å²) in [5, 5.41) is 0. The number of nitrogens with zero attached hydrogens (tertiary/aromatic N) is 1. The van der Waals surface area contributed by atoms with Gasteiger partial charge in [-0.05, 0) is 31.9 Å². The van der Waals surface area contributed by atoms with E-state index in [4.69, 9.17) is 14.9 Å². The third-order valence-corrected chi connectivity index (χ3v) is 3.08. The summed E-state index contributed by atoms with van der Waals surface area (Å²) in [7, 11) is 0. The van der Waals surface area contributed by atoms with Crippen molar-refractivity contribution in [3.05, 3.63) is 24.2 Å². The number of amides is 1. The van der Waals surface area contributed by atoms with Crippen LogP contribution in [-0.2, 0) is 16.1 Å². The minimum atomic E-state index is -0.499. The quantitative estimate of drug-likeness (QED) is 0.853. The van der Waals surface area contributed by atoms with Gasteiger partial charge in [-0.2, -0.15) is 0 Å². The van der Waals surface area contributed by atoms with Crippen molar-refractivity contribution < 1.29 is 13.9 Å². The van der Waals surface area contributed by atoms with Gasteiger partial charge in [-0.3, -0.25) is 4.79 Å². The molecule has 0 bridgehead atoms. The molecule has 0 spiro atoms. The van der Waals surface area contributed by atoms with Crippen LogP contribution in [0.5, 0.6) is 0 Å². The molecule has 2 N–H and O–H groups in total. The van der Waals surface area contributed by atoms with E-state index in [0.717, 1.165) is 25.2 Å². The fourth-order valence-electron chi connectivity index (χ4n) is 2.15. The first kappa shape index (κ1) is 13.1. The Morgan fingerprint density at radius 1 is 1.67 bits per heavy atom. The predicted molar refractivity (Wildman–Crippen MR) is 66.7 cm³/mol. The summed E-state index contributed by atoms with van der Waals surface area (Å²) in [6.45, 7) is 3.52. The molecule has 0 radical (unpaired) electrons. The van der Waals surface area contributed by atoms with Crippen LogP contribution >= 0.6 is 0 Å². The second-order valence-electron chi connectivity index (χ2n) is 4.72. The van der Waals surface area contributed by atoms with Crippen LogP contribution in [0.2, 0.25) is 0 Å². The van der Waals surface area contributed by atoms with E-state index >= 15 is 0 Å². The van der Waals surface area contributed by atoms with Gasteiger partial charge in [0.15, 0.2) is 0 Å². The van der Waals surface area contributed by atoms with E-state index < -0.39 is 6.04 Å². The summed E-state index contributed by atoms with van der Waals surface area (Å²) in [6, 6.07) is 3.17. The fourth-order valence-corrected chi connectivity index (χ4v) is 2.15. The number of carbonyl (C=O) groups is 1. The van der Waals surface area contributed by atoms with E-state index in [9.17, 15) is 4.79 Å². The third kappa shape index (κ3) is 3.34. The molecule has 0 unspecified atom stereocenters. The van der Waals surface area contributed by atoms with Crippen molar-refractivity contribution in [2.75, 3.05) is 13.2 Å². The average molecular weight is 252 g/mol. The maximum atomic E-state index is 12.1. The lowest BCUT2D eigenvalue weighted by Crippen LogP contribution is -2.44. The average Bonchev–Trinajstić information content (AvgIpc) is 2.99. The van der Waals surface area contributed by atoms with Crippen LogP contribution in [0.25, 0.3) is 0 Å². The molecule has 1 fully saturated rings. The molecule has 1 aromatic rings. The number of hydrogen-bond acceptors (Lipinski definition) is 4. The first-order valence-electron chi connectivity index (χ1n) is 6.35. The van der Waals surface area contributed by atoms with Crippen LogP contribution in [-0.4, -0.2) is 36.1 Å². The molecule has 1 amide bonds. The molecule has 2 atom stereocenters. The molecule has 1 aliphatic rings. The van der Waals surface area contributed by atoms with E-state index in [1.54, 1.807) is 18.1 Å². The van der Waals surface area contributed by atoms with Crippen molar-refractivity contribution in [2.24, 2.45) is 5.73 Å². The van der Waals surface area contributed by atoms with Gasteiger partial charge >= 0.3 is 0 Å². The molecule has 1 saturated heterocycles. The molecule has 5 nitrogen and oxygen atoms in total. The van der Waals surface area contributed by atoms with Crippen LogP contribution < -0.4 is 5.73 Å². The van der Waals surface area contributed by atoms with Gasteiger partial charge < -0.3 is 19.8 Å². The van der Waals surface area contributed by atoms with Crippen molar-refractivity contribution in [3.8, 4) is 0 Å². The normalized spacial score (nSPS) is 20.9. The zero-order valence-electron chi connectivity index (χ0n) is 10.7. The molecular formula is C13H20N2O3. The van der Waals surface area contributed by atoms with Gasteiger partial charge in [-0.25, -0.2) is 0 Å². The highest BCUT2D eigenvalue weighted by Crippen LogP contribution is 2.15. The van der Waals surface area contributed by atoms with E-state index in [1.165, 1.54) is 0 Å². The van der Waals surface area contributed by atoms with E-state index in [-0.39, 0.29) is 12.0 Å². The van der Waals surface area contributed by atoms with Gasteiger partial charge in [-0.15, -0.1) is 0 Å². The Balaban J connectivity index is 1.99. The Morgan fingerprint density at radius 2 is 2.50 bits per heavy atom. The van der Waals surface area contributed by atoms with Crippen LogP contribution in [0.4, 0.5) is 0 Å². The number of hydrogen-bond donors (Lipinski definition) is 1. The lowest BCUT2D eigenvalue weighted by atomic mass is 10.2. The first-order valence-corrected chi connectivity index (χ1v) is 6.35. The van der Waals surface area contributed by atoms with Gasteiger partial charge in [-0.1, -0.05) is 0 Å². The Hall–Kier alpha value is -1.33. The number of nitrogens with two attached hydrogens (primary N) is 1. The lowest BCUT2D eigenvalue weighted by Gasteiger charge is -2.26. The number of furan rings is 1. The summed E-state index contributed by atoms with van der Waals surface area (Å²) < 4.78 is 10.9. The van der Waals surface area contributed by atoms with E-state index in [1.807, 2.05) is 12.1 Å². The summed E-state index contributed by atoms with van der Waals surface area (Å²) >= 11 is 0. The zero-order chi connectivity index (χ0) is 13.0. The Morgan fingerprint density at radius 3 is 3.06 bits per heavy atom. The molecule has 2 rings (SSSR count). The van der Waals surface area contributed by atoms with Crippen molar-refractivity contribution in [1.82, 2.24) is 4.90 Å². The number of ether oxygens (including phenoxy) is 1. The SMILES string of the molecule is C[C@@H](N)C(=O)N(Cc1ccco1)C[C@@H]1CCCO1. The molecule has 1 aliphatic heterocycles. The molecule has 2 heterocycles. The van der Waals surface area contributed by atoms with Gasteiger partial charge in [0.05, 0.1) is 25.0 Å². The van der Waals surface area contributed by atoms with Gasteiger partial charge in [0, 0.05) is 13.2 Å². The molecule has 1 aromatic heterocycles. The number of carbonyl (C=O) groups excluding carboxylic acids is 1. The summed E-state index contributed by atoms with van der Waals surface area (Å²) in [4.78, 5) is 13.8. The van der Waals surface area contributed by atoms with Crippen LogP contribution in [0.1, 0.15) is 25.5 Å². The molecule has 18 heavy (non-hydrogen) atoms. The Bertz CT molecular complexity index is 370. The second-order valence-corrected chi connectivity index (χ2v) is 4.72. The molecule has 100 valence electrons. The molecule has 0 aromatic carbocycles. The molecule has 0 saturated carbocycles. The highest BCUT2D eigenvalue weighted by atomic mass is 16.5. The van der Waals surface area contributed by atoms with Crippen molar-refractivity contribution >= 4 is 5.91 Å². The molecule has 0 aliphatic carbocycles. The minimum Gasteiger partial charge on any atom is -0.467 e. The lowest BCUT2D eigenvalue weighted by molar-refractivity contribution is -0.134. The van der Waals surface area contributed by atoms with Gasteiger partial charge in [0.25, 0.3) is 0 Å². The topological polar surface area (TPSA) is 68.7 Å². The second kappa shape index (κ2) is 6.02. The Kier molecular flexibility index (Phi) is 4.38.